The summed E-state index contributed by atoms with van der Waals surface area (Å²) in [5.41, 5.74) is 6.75. The van der Waals surface area contributed by atoms with Crippen molar-refractivity contribution < 1.29 is 13.6 Å². The van der Waals surface area contributed by atoms with Gasteiger partial charge in [0.25, 0.3) is 5.91 Å². The van der Waals surface area contributed by atoms with Crippen molar-refractivity contribution in [3.05, 3.63) is 39.6 Å². The zero-order valence-corrected chi connectivity index (χ0v) is 12.2. The van der Waals surface area contributed by atoms with E-state index in [0.29, 0.717) is 24.1 Å². The van der Waals surface area contributed by atoms with Crippen LogP contribution in [-0.2, 0) is 6.42 Å². The van der Waals surface area contributed by atoms with Gasteiger partial charge in [0.15, 0.2) is 10.4 Å². The van der Waals surface area contributed by atoms with E-state index in [1.165, 1.54) is 0 Å². The third-order valence-corrected chi connectivity index (χ3v) is 3.70. The van der Waals surface area contributed by atoms with Gasteiger partial charge in [-0.15, -0.1) is 0 Å². The molecule has 0 aliphatic carbocycles. The molecule has 5 nitrogen and oxygen atoms in total. The van der Waals surface area contributed by atoms with Gasteiger partial charge < -0.3 is 11.1 Å². The molecule has 1 amide bonds. The summed E-state index contributed by atoms with van der Waals surface area (Å²) in [5.74, 6) is -2.09. The molecule has 0 unspecified atom stereocenters. The highest BCUT2D eigenvalue weighted by atomic mass is 79.9. The minimum atomic E-state index is -0.839. The van der Waals surface area contributed by atoms with Crippen molar-refractivity contribution in [2.24, 2.45) is 0 Å². The lowest BCUT2D eigenvalue weighted by molar-refractivity contribution is 0.0941. The van der Waals surface area contributed by atoms with Gasteiger partial charge in [-0.05, 0) is 40.0 Å². The first-order valence-electron chi connectivity index (χ1n) is 6.07. The molecule has 2 aromatic rings. The van der Waals surface area contributed by atoms with Crippen LogP contribution >= 0.6 is 15.9 Å². The van der Waals surface area contributed by atoms with Crippen LogP contribution in [0.15, 0.2) is 16.7 Å². The molecule has 3 rings (SSSR count). The van der Waals surface area contributed by atoms with Gasteiger partial charge in [-0.25, -0.2) is 9.37 Å². The van der Waals surface area contributed by atoms with Crippen LogP contribution in [0.4, 0.5) is 14.6 Å². The molecule has 0 atom stereocenters. The summed E-state index contributed by atoms with van der Waals surface area (Å²) in [7, 11) is 0. The van der Waals surface area contributed by atoms with Crippen LogP contribution < -0.4 is 11.1 Å². The fourth-order valence-electron chi connectivity index (χ4n) is 2.27. The Balaban J connectivity index is 2.19. The van der Waals surface area contributed by atoms with Gasteiger partial charge in [0, 0.05) is 12.1 Å². The van der Waals surface area contributed by atoms with E-state index in [4.69, 9.17) is 5.73 Å². The normalized spacial score (nSPS) is 13.8. The van der Waals surface area contributed by atoms with Crippen molar-refractivity contribution in [2.75, 3.05) is 12.3 Å². The van der Waals surface area contributed by atoms with E-state index in [0.717, 1.165) is 6.07 Å². The Bertz CT molecular complexity index is 766. The minimum Gasteiger partial charge on any atom is -0.382 e. The van der Waals surface area contributed by atoms with Crippen LogP contribution in [0, 0.1) is 11.8 Å². The van der Waals surface area contributed by atoms with Crippen molar-refractivity contribution >= 4 is 27.7 Å². The van der Waals surface area contributed by atoms with Crippen molar-refractivity contribution in [1.82, 2.24) is 15.3 Å². The monoisotopic (exact) mass is 354 g/mol. The SMILES string of the molecule is Nc1nc(F)c(Br)nc1-c1cc(F)c2c(c1)CCNC2=O. The fraction of sp³-hybridized carbons (Fsp3) is 0.154. The van der Waals surface area contributed by atoms with Crippen molar-refractivity contribution in [3.8, 4) is 11.3 Å². The van der Waals surface area contributed by atoms with Gasteiger partial charge >= 0.3 is 0 Å². The highest BCUT2D eigenvalue weighted by Crippen LogP contribution is 2.29. The zero-order valence-electron chi connectivity index (χ0n) is 10.6. The molecule has 1 aromatic heterocycles. The first kappa shape index (κ1) is 13.9. The predicted octanol–water partition coefficient (Wildman–Crippen LogP) is 2.05. The number of carbonyl (C=O) groups is 1. The third kappa shape index (κ3) is 2.35. The van der Waals surface area contributed by atoms with Crippen LogP contribution in [0.25, 0.3) is 11.3 Å². The first-order chi connectivity index (χ1) is 9.97. The second-order valence-corrected chi connectivity index (χ2v) is 5.29. The lowest BCUT2D eigenvalue weighted by Gasteiger charge is -2.18. The van der Waals surface area contributed by atoms with E-state index < -0.39 is 17.7 Å². The standard InChI is InChI=1S/C13H9BrF2N4O/c14-10-11(16)20-12(17)9(19-10)6-3-5-1-2-18-13(21)8(5)7(15)4-6/h3-4H,1-2H2,(H2,17,20)(H,18,21). The Morgan fingerprint density at radius 3 is 2.81 bits per heavy atom. The number of nitrogens with zero attached hydrogens (tertiary/aromatic N) is 2. The lowest BCUT2D eigenvalue weighted by atomic mass is 9.96. The maximum absolute atomic E-state index is 14.1. The molecule has 108 valence electrons. The molecule has 0 spiro atoms. The van der Waals surface area contributed by atoms with Crippen molar-refractivity contribution in [3.63, 3.8) is 0 Å². The number of anilines is 1. The quantitative estimate of drug-likeness (QED) is 0.821. The van der Waals surface area contributed by atoms with Crippen LogP contribution in [0.5, 0.6) is 0 Å². The highest BCUT2D eigenvalue weighted by Gasteiger charge is 2.23. The van der Waals surface area contributed by atoms with Crippen molar-refractivity contribution in [2.45, 2.75) is 6.42 Å². The molecule has 1 aliphatic heterocycles. The van der Waals surface area contributed by atoms with Crippen LogP contribution in [0.1, 0.15) is 15.9 Å². The van der Waals surface area contributed by atoms with Gasteiger partial charge in [-0.2, -0.15) is 9.37 Å². The van der Waals surface area contributed by atoms with Crippen molar-refractivity contribution in [1.29, 1.82) is 0 Å². The number of benzene rings is 1. The average Bonchev–Trinajstić information content (AvgIpc) is 2.42. The van der Waals surface area contributed by atoms with E-state index >= 15 is 0 Å². The molecule has 0 saturated heterocycles. The molecule has 2 heterocycles. The number of nitrogens with two attached hydrogens (primary N) is 1. The molecular formula is C13H9BrF2N4O. The summed E-state index contributed by atoms with van der Waals surface area (Å²) in [6, 6.07) is 2.77. The Morgan fingerprint density at radius 1 is 1.29 bits per heavy atom. The van der Waals surface area contributed by atoms with E-state index in [-0.39, 0.29) is 21.7 Å². The summed E-state index contributed by atoms with van der Waals surface area (Å²) in [4.78, 5) is 19.1. The Labute approximate surface area is 126 Å². The van der Waals surface area contributed by atoms with E-state index in [9.17, 15) is 13.6 Å². The number of nitrogen functional groups attached to an aromatic ring is 1. The molecule has 1 aromatic carbocycles. The van der Waals surface area contributed by atoms with Crippen LogP contribution in [-0.4, -0.2) is 22.4 Å². The largest absolute Gasteiger partial charge is 0.382 e. The van der Waals surface area contributed by atoms with Gasteiger partial charge in [0.1, 0.15) is 11.5 Å². The average molecular weight is 355 g/mol. The Hall–Kier alpha value is -2.09. The second kappa shape index (κ2) is 5.03. The molecular weight excluding hydrogens is 346 g/mol. The summed E-state index contributed by atoms with van der Waals surface area (Å²) >= 11 is 2.92. The number of fused-ring (bicyclic) bond motifs is 1. The Kier molecular flexibility index (Phi) is 3.32. The molecule has 0 radical (unpaired) electrons. The van der Waals surface area contributed by atoms with E-state index in [2.05, 4.69) is 31.2 Å². The van der Waals surface area contributed by atoms with E-state index in [1.54, 1.807) is 6.07 Å². The smallest absolute Gasteiger partial charge is 0.254 e. The summed E-state index contributed by atoms with van der Waals surface area (Å²) in [6.45, 7) is 0.434. The molecule has 0 saturated carbocycles. The number of carbonyl (C=O) groups excluding carboxylic acids is 1. The summed E-state index contributed by atoms with van der Waals surface area (Å²) in [5, 5.41) is 2.58. The predicted molar refractivity (Wildman–Crippen MR) is 75.5 cm³/mol. The maximum atomic E-state index is 14.1. The fourth-order valence-corrected chi connectivity index (χ4v) is 2.54. The number of halogens is 3. The minimum absolute atomic E-state index is 0.0257. The third-order valence-electron chi connectivity index (χ3n) is 3.19. The lowest BCUT2D eigenvalue weighted by Crippen LogP contribution is -2.32. The second-order valence-electron chi connectivity index (χ2n) is 4.54. The number of rotatable bonds is 1. The molecule has 1 aliphatic rings. The zero-order chi connectivity index (χ0) is 15.1. The van der Waals surface area contributed by atoms with Gasteiger partial charge in [0.2, 0.25) is 5.95 Å². The molecule has 21 heavy (non-hydrogen) atoms. The first-order valence-corrected chi connectivity index (χ1v) is 6.86. The molecule has 3 N–H and O–H groups in total. The summed E-state index contributed by atoms with van der Waals surface area (Å²) < 4.78 is 27.3. The van der Waals surface area contributed by atoms with Gasteiger partial charge in [0.05, 0.1) is 5.56 Å². The van der Waals surface area contributed by atoms with Crippen LogP contribution in [0.2, 0.25) is 0 Å². The molecule has 0 bridgehead atoms. The topological polar surface area (TPSA) is 80.9 Å². The number of amides is 1. The highest BCUT2D eigenvalue weighted by molar-refractivity contribution is 9.10. The number of nitrogens with one attached hydrogen (secondary N) is 1. The number of aromatic nitrogens is 2. The van der Waals surface area contributed by atoms with E-state index in [1.807, 2.05) is 0 Å². The molecule has 8 heteroatoms. The van der Waals surface area contributed by atoms with Gasteiger partial charge in [-0.3, -0.25) is 4.79 Å². The Morgan fingerprint density at radius 2 is 2.05 bits per heavy atom. The number of hydrogen-bond donors (Lipinski definition) is 2. The molecule has 0 fully saturated rings. The summed E-state index contributed by atoms with van der Waals surface area (Å²) in [6.07, 6.45) is 0.502. The van der Waals surface area contributed by atoms with Gasteiger partial charge in [-0.1, -0.05) is 0 Å². The maximum Gasteiger partial charge on any atom is 0.254 e. The number of hydrogen-bond acceptors (Lipinski definition) is 4. The van der Waals surface area contributed by atoms with Crippen LogP contribution in [0.3, 0.4) is 0 Å².